The van der Waals surface area contributed by atoms with Gasteiger partial charge >= 0.3 is 0 Å². The molecule has 2 fully saturated rings. The third-order valence-electron chi connectivity index (χ3n) is 4.47. The van der Waals surface area contributed by atoms with Crippen LogP contribution in [0, 0.1) is 23.7 Å². The minimum atomic E-state index is 0.729. The summed E-state index contributed by atoms with van der Waals surface area (Å²) in [7, 11) is 2.01. The van der Waals surface area contributed by atoms with Crippen LogP contribution in [0.3, 0.4) is 0 Å². The summed E-state index contributed by atoms with van der Waals surface area (Å²) in [5.74, 6) is 5.60. The van der Waals surface area contributed by atoms with Crippen molar-refractivity contribution in [1.82, 2.24) is 14.8 Å². The summed E-state index contributed by atoms with van der Waals surface area (Å²) in [5, 5.41) is 4.16. The van der Waals surface area contributed by atoms with Gasteiger partial charge in [-0.15, -0.1) is 0 Å². The number of rotatable bonds is 2. The van der Waals surface area contributed by atoms with Crippen LogP contribution in [0.4, 0.5) is 0 Å². The largest absolute Gasteiger partial charge is 0.253 e. The molecule has 82 valence electrons. The average molecular weight is 205 g/mol. The van der Waals surface area contributed by atoms with Crippen LogP contribution in [-0.2, 0) is 7.05 Å². The first-order valence-corrected chi connectivity index (χ1v) is 6.02. The maximum absolute atomic E-state index is 4.38. The van der Waals surface area contributed by atoms with Crippen molar-refractivity contribution >= 4 is 0 Å². The van der Waals surface area contributed by atoms with Crippen LogP contribution in [0.5, 0.6) is 0 Å². The summed E-state index contributed by atoms with van der Waals surface area (Å²) in [6, 6.07) is 0. The molecule has 3 unspecified atom stereocenters. The molecule has 3 heteroatoms. The van der Waals surface area contributed by atoms with E-state index in [0.717, 1.165) is 29.6 Å². The Kier molecular flexibility index (Phi) is 1.91. The maximum atomic E-state index is 4.38. The molecule has 0 spiro atoms. The number of hydrogen-bond donors (Lipinski definition) is 0. The van der Waals surface area contributed by atoms with Gasteiger partial charge in [0.05, 0.1) is 0 Å². The molecule has 0 aliphatic heterocycles. The standard InChI is InChI=1S/C12H19N3/c1-7(2)8-4-9-10(5-8)11(9)12-13-6-14-15(12)3/h6-11H,4-5H2,1-3H3/t8?,9-,10?,11?/m0/s1. The van der Waals surface area contributed by atoms with Crippen molar-refractivity contribution in [2.24, 2.45) is 30.7 Å². The van der Waals surface area contributed by atoms with Crippen LogP contribution >= 0.6 is 0 Å². The fourth-order valence-electron chi connectivity index (χ4n) is 3.42. The Hall–Kier alpha value is -0.860. The summed E-state index contributed by atoms with van der Waals surface area (Å²) in [6.45, 7) is 4.71. The fraction of sp³-hybridized carbons (Fsp3) is 0.833. The van der Waals surface area contributed by atoms with E-state index in [0.29, 0.717) is 0 Å². The topological polar surface area (TPSA) is 30.7 Å². The van der Waals surface area contributed by atoms with Crippen molar-refractivity contribution in [1.29, 1.82) is 0 Å². The van der Waals surface area contributed by atoms with E-state index < -0.39 is 0 Å². The quantitative estimate of drug-likeness (QED) is 0.741. The van der Waals surface area contributed by atoms with E-state index in [2.05, 4.69) is 23.9 Å². The molecule has 0 radical (unpaired) electrons. The van der Waals surface area contributed by atoms with Gasteiger partial charge < -0.3 is 0 Å². The van der Waals surface area contributed by atoms with Crippen molar-refractivity contribution in [3.8, 4) is 0 Å². The van der Waals surface area contributed by atoms with Gasteiger partial charge in [0.15, 0.2) is 0 Å². The lowest BCUT2D eigenvalue weighted by Crippen LogP contribution is -2.09. The van der Waals surface area contributed by atoms with Gasteiger partial charge in [-0.25, -0.2) is 4.98 Å². The molecule has 1 heterocycles. The Bertz CT molecular complexity index is 357. The van der Waals surface area contributed by atoms with E-state index in [-0.39, 0.29) is 0 Å². The molecule has 4 atom stereocenters. The summed E-state index contributed by atoms with van der Waals surface area (Å²) < 4.78 is 1.95. The molecule has 0 amide bonds. The van der Waals surface area contributed by atoms with Gasteiger partial charge in [-0.1, -0.05) is 13.8 Å². The monoisotopic (exact) mass is 205 g/mol. The highest BCUT2D eigenvalue weighted by Crippen LogP contribution is 2.65. The molecule has 2 saturated carbocycles. The van der Waals surface area contributed by atoms with Gasteiger partial charge in [-0.05, 0) is 36.5 Å². The Morgan fingerprint density at radius 1 is 1.33 bits per heavy atom. The van der Waals surface area contributed by atoms with Crippen LogP contribution < -0.4 is 0 Å². The lowest BCUT2D eigenvalue weighted by molar-refractivity contribution is 0.350. The van der Waals surface area contributed by atoms with Crippen LogP contribution in [0.2, 0.25) is 0 Å². The van der Waals surface area contributed by atoms with E-state index in [9.17, 15) is 0 Å². The van der Waals surface area contributed by atoms with Crippen LogP contribution in [-0.4, -0.2) is 14.8 Å². The SMILES string of the molecule is CC(C)C1CC2C(c3ncnn3C)[C@H]2C1. The molecular formula is C12H19N3. The lowest BCUT2D eigenvalue weighted by Gasteiger charge is -2.17. The summed E-state index contributed by atoms with van der Waals surface area (Å²) >= 11 is 0. The van der Waals surface area contributed by atoms with Gasteiger partial charge in [0.25, 0.3) is 0 Å². The highest BCUT2D eigenvalue weighted by atomic mass is 15.3. The Labute approximate surface area is 90.9 Å². The molecule has 0 saturated heterocycles. The van der Waals surface area contributed by atoms with Crippen molar-refractivity contribution in [2.45, 2.75) is 32.6 Å². The normalized spacial score (nSPS) is 38.4. The second-order valence-corrected chi connectivity index (χ2v) is 5.57. The number of nitrogens with zero attached hydrogens (tertiary/aromatic N) is 3. The predicted octanol–water partition coefficient (Wildman–Crippen LogP) is 2.21. The zero-order valence-corrected chi connectivity index (χ0v) is 9.72. The molecule has 2 aliphatic rings. The molecule has 2 aliphatic carbocycles. The Balaban J connectivity index is 1.71. The van der Waals surface area contributed by atoms with Crippen LogP contribution in [0.15, 0.2) is 6.33 Å². The number of aromatic nitrogens is 3. The zero-order valence-electron chi connectivity index (χ0n) is 9.72. The van der Waals surface area contributed by atoms with E-state index in [1.54, 1.807) is 6.33 Å². The van der Waals surface area contributed by atoms with E-state index in [1.165, 1.54) is 18.7 Å². The van der Waals surface area contributed by atoms with Crippen molar-refractivity contribution in [2.75, 3.05) is 0 Å². The highest BCUT2D eigenvalue weighted by Gasteiger charge is 2.58. The minimum Gasteiger partial charge on any atom is -0.253 e. The lowest BCUT2D eigenvalue weighted by atomic mass is 9.89. The predicted molar refractivity (Wildman–Crippen MR) is 58.3 cm³/mol. The summed E-state index contributed by atoms with van der Waals surface area (Å²) in [6.07, 6.45) is 4.52. The van der Waals surface area contributed by atoms with E-state index in [1.807, 2.05) is 11.7 Å². The second kappa shape index (κ2) is 3.06. The number of hydrogen-bond acceptors (Lipinski definition) is 2. The van der Waals surface area contributed by atoms with Gasteiger partial charge in [0.1, 0.15) is 12.2 Å². The van der Waals surface area contributed by atoms with Crippen molar-refractivity contribution < 1.29 is 0 Å². The Morgan fingerprint density at radius 3 is 2.47 bits per heavy atom. The fourth-order valence-corrected chi connectivity index (χ4v) is 3.42. The number of aryl methyl sites for hydroxylation is 1. The van der Waals surface area contributed by atoms with Crippen molar-refractivity contribution in [3.63, 3.8) is 0 Å². The third kappa shape index (κ3) is 1.32. The van der Waals surface area contributed by atoms with Gasteiger partial charge in [-0.3, -0.25) is 4.68 Å². The molecule has 1 aromatic heterocycles. The van der Waals surface area contributed by atoms with Crippen LogP contribution in [0.1, 0.15) is 38.4 Å². The minimum absolute atomic E-state index is 0.729. The van der Waals surface area contributed by atoms with E-state index in [4.69, 9.17) is 0 Å². The molecular weight excluding hydrogens is 186 g/mol. The molecule has 1 aromatic rings. The molecule has 3 rings (SSSR count). The molecule has 0 aromatic carbocycles. The average Bonchev–Trinajstić information content (AvgIpc) is 2.63. The zero-order chi connectivity index (χ0) is 10.6. The van der Waals surface area contributed by atoms with Gasteiger partial charge in [-0.2, -0.15) is 5.10 Å². The van der Waals surface area contributed by atoms with Crippen LogP contribution in [0.25, 0.3) is 0 Å². The molecule has 0 N–H and O–H groups in total. The second-order valence-electron chi connectivity index (χ2n) is 5.57. The summed E-state index contributed by atoms with van der Waals surface area (Å²) in [5.41, 5.74) is 0. The molecule has 0 bridgehead atoms. The Morgan fingerprint density at radius 2 is 2.00 bits per heavy atom. The first-order valence-electron chi connectivity index (χ1n) is 6.02. The molecule has 3 nitrogen and oxygen atoms in total. The first-order chi connectivity index (χ1) is 7.18. The van der Waals surface area contributed by atoms with Crippen molar-refractivity contribution in [3.05, 3.63) is 12.2 Å². The highest BCUT2D eigenvalue weighted by molar-refractivity contribution is 5.18. The number of fused-ring (bicyclic) bond motifs is 1. The van der Waals surface area contributed by atoms with Gasteiger partial charge in [0, 0.05) is 13.0 Å². The first kappa shape index (κ1) is 9.37. The third-order valence-corrected chi connectivity index (χ3v) is 4.47. The summed E-state index contributed by atoms with van der Waals surface area (Å²) in [4.78, 5) is 4.38. The van der Waals surface area contributed by atoms with Gasteiger partial charge in [0.2, 0.25) is 0 Å². The molecule has 15 heavy (non-hydrogen) atoms. The smallest absolute Gasteiger partial charge is 0.138 e. The maximum Gasteiger partial charge on any atom is 0.138 e. The van der Waals surface area contributed by atoms with E-state index >= 15 is 0 Å².